The molecule has 2 rings (SSSR count). The van der Waals surface area contributed by atoms with Crippen molar-refractivity contribution in [2.24, 2.45) is 5.41 Å². The normalized spacial score (nSPS) is 28.1. The number of aliphatic hydroxyl groups excluding tert-OH is 1. The van der Waals surface area contributed by atoms with Gasteiger partial charge in [-0.3, -0.25) is 0 Å². The molecule has 2 aliphatic rings. The van der Waals surface area contributed by atoms with Gasteiger partial charge in [0.25, 0.3) is 0 Å². The minimum absolute atomic E-state index is 0.0581. The highest BCUT2D eigenvalue weighted by Crippen LogP contribution is 2.27. The van der Waals surface area contributed by atoms with Crippen molar-refractivity contribution in [3.05, 3.63) is 0 Å². The Morgan fingerprint density at radius 1 is 1.45 bits per heavy atom. The highest BCUT2D eigenvalue weighted by molar-refractivity contribution is 4.91. The molecule has 64 valence electrons. The number of aliphatic hydroxyl groups is 1. The quantitative estimate of drug-likeness (QED) is 0.591. The fourth-order valence-corrected chi connectivity index (χ4v) is 1.29. The van der Waals surface area contributed by atoms with Gasteiger partial charge in [-0.25, -0.2) is 0 Å². The molecule has 0 radical (unpaired) electrons. The first-order chi connectivity index (χ1) is 5.35. The average molecular weight is 157 g/mol. The third kappa shape index (κ3) is 1.55. The summed E-state index contributed by atoms with van der Waals surface area (Å²) in [5.41, 5.74) is 0.0581. The van der Waals surface area contributed by atoms with E-state index in [2.05, 4.69) is 5.32 Å². The number of ether oxygens (including phenoxy) is 1. The Morgan fingerprint density at radius 2 is 2.18 bits per heavy atom. The Balaban J connectivity index is 1.72. The molecule has 2 fully saturated rings. The van der Waals surface area contributed by atoms with Gasteiger partial charge < -0.3 is 15.2 Å². The fourth-order valence-electron chi connectivity index (χ4n) is 1.29. The van der Waals surface area contributed by atoms with Crippen LogP contribution >= 0.6 is 0 Å². The van der Waals surface area contributed by atoms with Crippen LogP contribution in [-0.2, 0) is 4.74 Å². The van der Waals surface area contributed by atoms with Crippen LogP contribution in [0.15, 0.2) is 0 Å². The summed E-state index contributed by atoms with van der Waals surface area (Å²) >= 11 is 0. The van der Waals surface area contributed by atoms with E-state index in [1.165, 1.54) is 12.8 Å². The number of hydrogen-bond acceptors (Lipinski definition) is 3. The first kappa shape index (κ1) is 7.53. The smallest absolute Gasteiger partial charge is 0.0579 e. The molecule has 2 N–H and O–H groups in total. The van der Waals surface area contributed by atoms with Crippen molar-refractivity contribution < 1.29 is 9.84 Å². The molecule has 0 amide bonds. The lowest BCUT2D eigenvalue weighted by atomic mass is 9.87. The molecule has 0 bridgehead atoms. The van der Waals surface area contributed by atoms with Crippen molar-refractivity contribution in [3.8, 4) is 0 Å². The Hall–Kier alpha value is -0.120. The minimum atomic E-state index is 0.0581. The van der Waals surface area contributed by atoms with Gasteiger partial charge in [-0.2, -0.15) is 0 Å². The van der Waals surface area contributed by atoms with Gasteiger partial charge >= 0.3 is 0 Å². The maximum absolute atomic E-state index is 9.05. The first-order valence-corrected chi connectivity index (χ1v) is 4.27. The predicted octanol–water partition coefficient (Wildman–Crippen LogP) is -0.253. The summed E-state index contributed by atoms with van der Waals surface area (Å²) in [5.74, 6) is 0. The lowest BCUT2D eigenvalue weighted by Crippen LogP contribution is -2.52. The molecule has 1 saturated heterocycles. The maximum Gasteiger partial charge on any atom is 0.0579 e. The molecule has 1 aliphatic heterocycles. The van der Waals surface area contributed by atoms with Crippen LogP contribution in [-0.4, -0.2) is 37.5 Å². The van der Waals surface area contributed by atoms with Gasteiger partial charge in [0.2, 0.25) is 0 Å². The van der Waals surface area contributed by atoms with Gasteiger partial charge in [0, 0.05) is 12.6 Å². The van der Waals surface area contributed by atoms with E-state index in [9.17, 15) is 0 Å². The van der Waals surface area contributed by atoms with Crippen LogP contribution in [0.3, 0.4) is 0 Å². The van der Waals surface area contributed by atoms with E-state index in [0.717, 1.165) is 25.8 Å². The molecule has 1 aliphatic carbocycles. The van der Waals surface area contributed by atoms with Crippen LogP contribution in [0, 0.1) is 5.41 Å². The van der Waals surface area contributed by atoms with Gasteiger partial charge in [0.15, 0.2) is 0 Å². The summed E-state index contributed by atoms with van der Waals surface area (Å²) in [6.07, 6.45) is 2.62. The topological polar surface area (TPSA) is 41.5 Å². The van der Waals surface area contributed by atoms with E-state index in [-0.39, 0.29) is 12.0 Å². The zero-order valence-corrected chi connectivity index (χ0v) is 6.68. The van der Waals surface area contributed by atoms with E-state index in [0.29, 0.717) is 0 Å². The standard InChI is InChI=1S/C8H15NO2/c10-4-8(5-11-6-8)3-9-7-1-2-7/h7,9-10H,1-6H2. The van der Waals surface area contributed by atoms with Crippen molar-refractivity contribution in [2.75, 3.05) is 26.4 Å². The zero-order valence-electron chi connectivity index (χ0n) is 6.68. The molecule has 0 aromatic carbocycles. The van der Waals surface area contributed by atoms with Crippen LogP contribution < -0.4 is 5.32 Å². The van der Waals surface area contributed by atoms with Crippen LogP contribution in [0.2, 0.25) is 0 Å². The predicted molar refractivity (Wildman–Crippen MR) is 41.4 cm³/mol. The Bertz CT molecular complexity index is 136. The largest absolute Gasteiger partial charge is 0.396 e. The molecular formula is C8H15NO2. The minimum Gasteiger partial charge on any atom is -0.396 e. The number of nitrogens with one attached hydrogen (secondary N) is 1. The molecule has 0 spiro atoms. The number of rotatable bonds is 4. The molecule has 1 saturated carbocycles. The summed E-state index contributed by atoms with van der Waals surface area (Å²) < 4.78 is 5.08. The second-order valence-electron chi connectivity index (χ2n) is 3.81. The van der Waals surface area contributed by atoms with Gasteiger partial charge in [0.05, 0.1) is 25.2 Å². The zero-order chi connectivity index (χ0) is 7.73. The first-order valence-electron chi connectivity index (χ1n) is 4.27. The van der Waals surface area contributed by atoms with Crippen molar-refractivity contribution >= 4 is 0 Å². The summed E-state index contributed by atoms with van der Waals surface area (Å²) in [7, 11) is 0. The average Bonchev–Trinajstić information content (AvgIpc) is 2.70. The second kappa shape index (κ2) is 2.73. The lowest BCUT2D eigenvalue weighted by molar-refractivity contribution is -0.134. The second-order valence-corrected chi connectivity index (χ2v) is 3.81. The highest BCUT2D eigenvalue weighted by Gasteiger charge is 2.39. The van der Waals surface area contributed by atoms with Gasteiger partial charge in [0.1, 0.15) is 0 Å². The maximum atomic E-state index is 9.05. The van der Waals surface area contributed by atoms with Crippen molar-refractivity contribution in [2.45, 2.75) is 18.9 Å². The molecule has 3 heteroatoms. The Kier molecular flexibility index (Phi) is 1.87. The number of hydrogen-bond donors (Lipinski definition) is 2. The van der Waals surface area contributed by atoms with Gasteiger partial charge in [-0.05, 0) is 12.8 Å². The third-order valence-corrected chi connectivity index (χ3v) is 2.49. The van der Waals surface area contributed by atoms with E-state index >= 15 is 0 Å². The fraction of sp³-hybridized carbons (Fsp3) is 1.00. The summed E-state index contributed by atoms with van der Waals surface area (Å²) in [4.78, 5) is 0. The SMILES string of the molecule is OCC1(CNC2CC2)COC1. The van der Waals surface area contributed by atoms with Crippen LogP contribution in [0.25, 0.3) is 0 Å². The van der Waals surface area contributed by atoms with Crippen LogP contribution in [0.4, 0.5) is 0 Å². The van der Waals surface area contributed by atoms with E-state index in [1.807, 2.05) is 0 Å². The Morgan fingerprint density at radius 3 is 2.55 bits per heavy atom. The van der Waals surface area contributed by atoms with Crippen LogP contribution in [0.5, 0.6) is 0 Å². The molecule has 11 heavy (non-hydrogen) atoms. The Labute approximate surface area is 66.7 Å². The van der Waals surface area contributed by atoms with Crippen molar-refractivity contribution in [3.63, 3.8) is 0 Å². The highest BCUT2D eigenvalue weighted by atomic mass is 16.5. The molecular weight excluding hydrogens is 142 g/mol. The molecule has 3 nitrogen and oxygen atoms in total. The van der Waals surface area contributed by atoms with E-state index in [1.54, 1.807) is 0 Å². The molecule has 0 unspecified atom stereocenters. The van der Waals surface area contributed by atoms with Crippen molar-refractivity contribution in [1.29, 1.82) is 0 Å². The van der Waals surface area contributed by atoms with Crippen molar-refractivity contribution in [1.82, 2.24) is 5.32 Å². The molecule has 0 aromatic rings. The third-order valence-electron chi connectivity index (χ3n) is 2.49. The van der Waals surface area contributed by atoms with E-state index in [4.69, 9.17) is 9.84 Å². The lowest BCUT2D eigenvalue weighted by Gasteiger charge is -2.40. The summed E-state index contributed by atoms with van der Waals surface area (Å²) in [5, 5.41) is 12.5. The summed E-state index contributed by atoms with van der Waals surface area (Å²) in [6, 6.07) is 0.735. The monoisotopic (exact) mass is 157 g/mol. The van der Waals surface area contributed by atoms with Gasteiger partial charge in [-0.1, -0.05) is 0 Å². The van der Waals surface area contributed by atoms with Gasteiger partial charge in [-0.15, -0.1) is 0 Å². The molecule has 0 aromatic heterocycles. The van der Waals surface area contributed by atoms with Crippen LogP contribution in [0.1, 0.15) is 12.8 Å². The summed E-state index contributed by atoms with van der Waals surface area (Å²) in [6.45, 7) is 2.63. The molecule has 0 atom stereocenters. The molecule has 1 heterocycles. The van der Waals surface area contributed by atoms with E-state index < -0.39 is 0 Å².